The molecule has 1 aliphatic rings. The Kier molecular flexibility index (Phi) is 4.47. The van der Waals surface area contributed by atoms with Gasteiger partial charge in [-0.1, -0.05) is 0 Å². The predicted molar refractivity (Wildman–Crippen MR) is 63.3 cm³/mol. The molecule has 0 bridgehead atoms. The van der Waals surface area contributed by atoms with Crippen molar-refractivity contribution in [2.45, 2.75) is 45.3 Å². The number of rotatable bonds is 1. The number of carbonyl (C=O) groups excluding carboxylic acids is 2. The van der Waals surface area contributed by atoms with Crippen LogP contribution < -0.4 is 5.32 Å². The van der Waals surface area contributed by atoms with Crippen LogP contribution in [-0.4, -0.2) is 41.5 Å². The summed E-state index contributed by atoms with van der Waals surface area (Å²) in [6.07, 6.45) is -3.96. The van der Waals surface area contributed by atoms with Crippen LogP contribution in [0.25, 0.3) is 0 Å². The van der Waals surface area contributed by atoms with Crippen LogP contribution in [0.1, 0.15) is 33.6 Å². The molecule has 2 amide bonds. The molecular formula is C12H19F3N2O2. The van der Waals surface area contributed by atoms with Crippen LogP contribution in [0.15, 0.2) is 0 Å². The summed E-state index contributed by atoms with van der Waals surface area (Å²) >= 11 is 0. The molecule has 1 saturated heterocycles. The van der Waals surface area contributed by atoms with Gasteiger partial charge in [-0.3, -0.25) is 9.59 Å². The highest BCUT2D eigenvalue weighted by Gasteiger charge is 2.44. The molecule has 1 atom stereocenters. The maximum absolute atomic E-state index is 12.3. The molecule has 19 heavy (non-hydrogen) atoms. The van der Waals surface area contributed by atoms with E-state index in [0.717, 1.165) is 4.90 Å². The quantitative estimate of drug-likeness (QED) is 0.795. The van der Waals surface area contributed by atoms with Gasteiger partial charge in [0.25, 0.3) is 0 Å². The van der Waals surface area contributed by atoms with Crippen molar-refractivity contribution >= 4 is 11.8 Å². The van der Waals surface area contributed by atoms with E-state index in [1.807, 2.05) is 0 Å². The van der Waals surface area contributed by atoms with Gasteiger partial charge in [-0.15, -0.1) is 0 Å². The highest BCUT2D eigenvalue weighted by Crippen LogP contribution is 2.24. The van der Waals surface area contributed by atoms with Crippen molar-refractivity contribution in [1.29, 1.82) is 0 Å². The zero-order valence-corrected chi connectivity index (χ0v) is 11.3. The summed E-state index contributed by atoms with van der Waals surface area (Å²) in [5.74, 6) is -2.73. The fraction of sp³-hybridized carbons (Fsp3) is 0.833. The average molecular weight is 280 g/mol. The fourth-order valence-electron chi connectivity index (χ4n) is 2.03. The highest BCUT2D eigenvalue weighted by molar-refractivity contribution is 5.84. The molecule has 1 unspecified atom stereocenters. The molecule has 1 heterocycles. The van der Waals surface area contributed by atoms with Crippen LogP contribution in [-0.2, 0) is 9.59 Å². The lowest BCUT2D eigenvalue weighted by Crippen LogP contribution is -2.52. The van der Waals surface area contributed by atoms with Crippen LogP contribution in [0.3, 0.4) is 0 Å². The molecule has 0 radical (unpaired) electrons. The maximum atomic E-state index is 12.3. The Morgan fingerprint density at radius 3 is 2.26 bits per heavy atom. The Morgan fingerprint density at radius 1 is 1.21 bits per heavy atom. The van der Waals surface area contributed by atoms with Gasteiger partial charge in [-0.2, -0.15) is 13.2 Å². The lowest BCUT2D eigenvalue weighted by Gasteiger charge is -2.34. The van der Waals surface area contributed by atoms with Crippen molar-refractivity contribution in [2.24, 2.45) is 5.92 Å². The van der Waals surface area contributed by atoms with Gasteiger partial charge < -0.3 is 10.2 Å². The Labute approximate surface area is 110 Å². The monoisotopic (exact) mass is 280 g/mol. The van der Waals surface area contributed by atoms with Crippen molar-refractivity contribution in [2.75, 3.05) is 13.1 Å². The van der Waals surface area contributed by atoms with Crippen LogP contribution in [0.5, 0.6) is 0 Å². The molecule has 1 rings (SSSR count). The highest BCUT2D eigenvalue weighted by atomic mass is 19.4. The standard InChI is InChI=1S/C12H19F3N2O2/c1-11(2,3)16-9(18)8-5-4-6-17(7-8)10(19)12(13,14)15/h8H,4-7H2,1-3H3,(H,16,18). The number of likely N-dealkylation sites (tertiary alicyclic amines) is 1. The number of halogens is 3. The van der Waals surface area contributed by atoms with Gasteiger partial charge in [-0.05, 0) is 33.6 Å². The molecule has 1 fully saturated rings. The van der Waals surface area contributed by atoms with E-state index < -0.39 is 23.5 Å². The molecule has 0 aromatic carbocycles. The predicted octanol–water partition coefficient (Wildman–Crippen LogP) is 1.70. The minimum absolute atomic E-state index is 0.0532. The van der Waals surface area contributed by atoms with Gasteiger partial charge in [0.1, 0.15) is 0 Å². The van der Waals surface area contributed by atoms with E-state index in [2.05, 4.69) is 5.32 Å². The van der Waals surface area contributed by atoms with E-state index in [9.17, 15) is 22.8 Å². The van der Waals surface area contributed by atoms with Crippen molar-refractivity contribution in [1.82, 2.24) is 10.2 Å². The summed E-state index contributed by atoms with van der Waals surface area (Å²) in [6.45, 7) is 5.28. The number of amides is 2. The molecule has 0 aliphatic carbocycles. The lowest BCUT2D eigenvalue weighted by molar-refractivity contribution is -0.187. The third-order valence-corrected chi connectivity index (χ3v) is 2.82. The van der Waals surface area contributed by atoms with Gasteiger partial charge in [-0.25, -0.2) is 0 Å². The number of nitrogens with zero attached hydrogens (tertiary/aromatic N) is 1. The number of alkyl halides is 3. The van der Waals surface area contributed by atoms with E-state index in [4.69, 9.17) is 0 Å². The minimum atomic E-state index is -4.87. The third kappa shape index (κ3) is 4.72. The van der Waals surface area contributed by atoms with Crippen LogP contribution in [0.2, 0.25) is 0 Å². The van der Waals surface area contributed by atoms with E-state index >= 15 is 0 Å². The van der Waals surface area contributed by atoms with Gasteiger partial charge in [0, 0.05) is 18.6 Å². The smallest absolute Gasteiger partial charge is 0.351 e. The van der Waals surface area contributed by atoms with Crippen molar-refractivity contribution in [3.05, 3.63) is 0 Å². The molecule has 1 N–H and O–H groups in total. The number of hydrogen-bond donors (Lipinski definition) is 1. The van der Waals surface area contributed by atoms with E-state index in [1.54, 1.807) is 20.8 Å². The first-order valence-corrected chi connectivity index (χ1v) is 6.19. The molecule has 0 aromatic rings. The zero-order valence-electron chi connectivity index (χ0n) is 11.3. The second-order valence-corrected chi connectivity index (χ2v) is 5.83. The number of carbonyl (C=O) groups is 2. The zero-order chi connectivity index (χ0) is 14.8. The molecule has 7 heteroatoms. The number of hydrogen-bond acceptors (Lipinski definition) is 2. The van der Waals surface area contributed by atoms with E-state index in [0.29, 0.717) is 12.8 Å². The summed E-state index contributed by atoms with van der Waals surface area (Å²) in [6, 6.07) is 0. The topological polar surface area (TPSA) is 49.4 Å². The lowest BCUT2D eigenvalue weighted by atomic mass is 9.95. The first-order valence-electron chi connectivity index (χ1n) is 6.19. The number of piperidine rings is 1. The first-order chi connectivity index (χ1) is 8.50. The van der Waals surface area contributed by atoms with Crippen molar-refractivity contribution < 1.29 is 22.8 Å². The van der Waals surface area contributed by atoms with Crippen LogP contribution in [0.4, 0.5) is 13.2 Å². The summed E-state index contributed by atoms with van der Waals surface area (Å²) < 4.78 is 37.0. The minimum Gasteiger partial charge on any atom is -0.351 e. The molecule has 4 nitrogen and oxygen atoms in total. The largest absolute Gasteiger partial charge is 0.471 e. The fourth-order valence-corrected chi connectivity index (χ4v) is 2.03. The molecular weight excluding hydrogens is 261 g/mol. The first kappa shape index (κ1) is 15.8. The van der Waals surface area contributed by atoms with Gasteiger partial charge >= 0.3 is 12.1 Å². The number of nitrogens with one attached hydrogen (secondary N) is 1. The van der Waals surface area contributed by atoms with Crippen molar-refractivity contribution in [3.8, 4) is 0 Å². The van der Waals surface area contributed by atoms with Crippen LogP contribution in [0, 0.1) is 5.92 Å². The summed E-state index contributed by atoms with van der Waals surface area (Å²) in [5, 5.41) is 2.73. The Morgan fingerprint density at radius 2 is 1.79 bits per heavy atom. The second-order valence-electron chi connectivity index (χ2n) is 5.83. The Hall–Kier alpha value is -1.27. The van der Waals surface area contributed by atoms with Gasteiger partial charge in [0.15, 0.2) is 0 Å². The van der Waals surface area contributed by atoms with Crippen molar-refractivity contribution in [3.63, 3.8) is 0 Å². The van der Waals surface area contributed by atoms with Gasteiger partial charge in [0.05, 0.1) is 5.92 Å². The SMILES string of the molecule is CC(C)(C)NC(=O)C1CCCN(C(=O)C(F)(F)F)C1. The maximum Gasteiger partial charge on any atom is 0.471 e. The molecule has 0 spiro atoms. The second kappa shape index (κ2) is 5.38. The summed E-state index contributed by atoms with van der Waals surface area (Å²) in [5.41, 5.74) is -0.437. The molecule has 1 aliphatic heterocycles. The molecule has 0 aromatic heterocycles. The normalized spacial score (nSPS) is 21.2. The Bertz CT molecular complexity index is 361. The molecule has 110 valence electrons. The van der Waals surface area contributed by atoms with Crippen LogP contribution >= 0.6 is 0 Å². The summed E-state index contributed by atoms with van der Waals surface area (Å²) in [4.78, 5) is 23.8. The Balaban J connectivity index is 2.65. The summed E-state index contributed by atoms with van der Waals surface area (Å²) in [7, 11) is 0. The van der Waals surface area contributed by atoms with E-state index in [-0.39, 0.29) is 19.0 Å². The average Bonchev–Trinajstić information content (AvgIpc) is 2.24. The molecule has 0 saturated carbocycles. The van der Waals surface area contributed by atoms with Gasteiger partial charge in [0.2, 0.25) is 5.91 Å². The third-order valence-electron chi connectivity index (χ3n) is 2.82. The van der Waals surface area contributed by atoms with E-state index in [1.165, 1.54) is 0 Å².